The maximum Gasteiger partial charge on any atom is 0.226 e. The molecule has 0 saturated carbocycles. The van der Waals surface area contributed by atoms with Gasteiger partial charge in [0.15, 0.2) is 0 Å². The highest BCUT2D eigenvalue weighted by Gasteiger charge is 2.43. The van der Waals surface area contributed by atoms with Gasteiger partial charge in [0.2, 0.25) is 5.91 Å². The summed E-state index contributed by atoms with van der Waals surface area (Å²) in [6.45, 7) is 7.47. The van der Waals surface area contributed by atoms with Crippen molar-refractivity contribution in [1.29, 1.82) is 0 Å². The van der Waals surface area contributed by atoms with Crippen molar-refractivity contribution in [2.75, 3.05) is 13.2 Å². The van der Waals surface area contributed by atoms with Gasteiger partial charge in [0.05, 0.1) is 11.1 Å². The van der Waals surface area contributed by atoms with Crippen molar-refractivity contribution in [2.24, 2.45) is 10.6 Å². The zero-order valence-electron chi connectivity index (χ0n) is 16.1. The Morgan fingerprint density at radius 1 is 1.31 bits per heavy atom. The summed E-state index contributed by atoms with van der Waals surface area (Å²) in [6.07, 6.45) is 3.81. The van der Waals surface area contributed by atoms with E-state index in [1.807, 2.05) is 0 Å². The number of benzene rings is 1. The monoisotopic (exact) mass is 358 g/mol. The molecule has 142 valence electrons. The van der Waals surface area contributed by atoms with E-state index in [0.29, 0.717) is 19.6 Å². The number of hydrogen-bond donors (Lipinski definition) is 1. The SMILES string of the molecule is CC[C@H](C)NC(=O)C1(C[C@@H]2CC(c3ccc(C)cc3)=NO2)CCOCC1. The van der Waals surface area contributed by atoms with Crippen LogP contribution in [0, 0.1) is 12.3 Å². The van der Waals surface area contributed by atoms with E-state index in [9.17, 15) is 4.79 Å². The van der Waals surface area contributed by atoms with E-state index in [4.69, 9.17) is 9.57 Å². The first-order valence-corrected chi connectivity index (χ1v) is 9.71. The zero-order valence-corrected chi connectivity index (χ0v) is 16.1. The van der Waals surface area contributed by atoms with Crippen molar-refractivity contribution in [2.45, 2.75) is 65.0 Å². The van der Waals surface area contributed by atoms with Crippen LogP contribution in [-0.4, -0.2) is 37.0 Å². The van der Waals surface area contributed by atoms with E-state index in [1.54, 1.807) is 0 Å². The first kappa shape index (κ1) is 18.9. The average molecular weight is 358 g/mol. The highest BCUT2D eigenvalue weighted by molar-refractivity contribution is 6.01. The summed E-state index contributed by atoms with van der Waals surface area (Å²) >= 11 is 0. The summed E-state index contributed by atoms with van der Waals surface area (Å²) < 4.78 is 5.52. The van der Waals surface area contributed by atoms with Crippen molar-refractivity contribution >= 4 is 11.6 Å². The molecule has 2 aliphatic rings. The fourth-order valence-corrected chi connectivity index (χ4v) is 3.66. The molecular formula is C21H30N2O3. The third kappa shape index (κ3) is 4.26. The minimum Gasteiger partial charge on any atom is -0.392 e. The Morgan fingerprint density at radius 2 is 2.00 bits per heavy atom. The van der Waals surface area contributed by atoms with Gasteiger partial charge in [0, 0.05) is 32.1 Å². The van der Waals surface area contributed by atoms with Gasteiger partial charge in [0.25, 0.3) is 0 Å². The summed E-state index contributed by atoms with van der Waals surface area (Å²) in [5, 5.41) is 7.48. The Balaban J connectivity index is 1.66. The summed E-state index contributed by atoms with van der Waals surface area (Å²) in [5.74, 6) is 0.141. The minimum atomic E-state index is -0.412. The van der Waals surface area contributed by atoms with Crippen molar-refractivity contribution < 1.29 is 14.4 Å². The number of ether oxygens (including phenoxy) is 1. The third-order valence-electron chi connectivity index (χ3n) is 5.66. The predicted molar refractivity (Wildman–Crippen MR) is 102 cm³/mol. The molecule has 0 aliphatic carbocycles. The molecule has 2 aliphatic heterocycles. The topological polar surface area (TPSA) is 59.9 Å². The van der Waals surface area contributed by atoms with Crippen LogP contribution < -0.4 is 5.32 Å². The van der Waals surface area contributed by atoms with E-state index in [1.165, 1.54) is 5.56 Å². The summed E-state index contributed by atoms with van der Waals surface area (Å²) in [7, 11) is 0. The molecule has 0 unspecified atom stereocenters. The normalized spacial score (nSPS) is 23.0. The fourth-order valence-electron chi connectivity index (χ4n) is 3.66. The molecule has 26 heavy (non-hydrogen) atoms. The Labute approximate surface area is 156 Å². The Bertz CT molecular complexity index is 648. The number of hydrogen-bond acceptors (Lipinski definition) is 4. The molecule has 0 aromatic heterocycles. The number of oxime groups is 1. The maximum absolute atomic E-state index is 13.0. The smallest absolute Gasteiger partial charge is 0.226 e. The van der Waals surface area contributed by atoms with Gasteiger partial charge < -0.3 is 14.9 Å². The lowest BCUT2D eigenvalue weighted by molar-refractivity contribution is -0.140. The van der Waals surface area contributed by atoms with E-state index in [2.05, 4.69) is 55.5 Å². The quantitative estimate of drug-likeness (QED) is 0.845. The summed E-state index contributed by atoms with van der Waals surface area (Å²) in [6, 6.07) is 8.53. The van der Waals surface area contributed by atoms with E-state index < -0.39 is 5.41 Å². The van der Waals surface area contributed by atoms with Crippen molar-refractivity contribution in [3.63, 3.8) is 0 Å². The van der Waals surface area contributed by atoms with Gasteiger partial charge in [-0.15, -0.1) is 0 Å². The molecule has 1 fully saturated rings. The molecule has 1 amide bonds. The largest absolute Gasteiger partial charge is 0.392 e. The molecule has 1 N–H and O–H groups in total. The lowest BCUT2D eigenvalue weighted by Crippen LogP contribution is -2.48. The number of carbonyl (C=O) groups is 1. The zero-order chi connectivity index (χ0) is 18.6. The second-order valence-corrected chi connectivity index (χ2v) is 7.72. The number of nitrogens with zero attached hydrogens (tertiary/aromatic N) is 1. The van der Waals surface area contributed by atoms with Crippen LogP contribution in [0.2, 0.25) is 0 Å². The van der Waals surface area contributed by atoms with Crippen molar-refractivity contribution in [3.8, 4) is 0 Å². The Morgan fingerprint density at radius 3 is 2.65 bits per heavy atom. The minimum absolute atomic E-state index is 0.0490. The molecule has 1 saturated heterocycles. The molecule has 2 atom stereocenters. The molecule has 0 spiro atoms. The lowest BCUT2D eigenvalue weighted by Gasteiger charge is -2.37. The summed E-state index contributed by atoms with van der Waals surface area (Å²) in [4.78, 5) is 18.7. The highest BCUT2D eigenvalue weighted by atomic mass is 16.6. The van der Waals surface area contributed by atoms with Gasteiger partial charge in [-0.25, -0.2) is 0 Å². The molecular weight excluding hydrogens is 328 g/mol. The highest BCUT2D eigenvalue weighted by Crippen LogP contribution is 2.38. The van der Waals surface area contributed by atoms with Crippen LogP contribution in [0.3, 0.4) is 0 Å². The maximum atomic E-state index is 13.0. The summed E-state index contributed by atoms with van der Waals surface area (Å²) in [5.41, 5.74) is 2.89. The first-order valence-electron chi connectivity index (χ1n) is 9.71. The van der Waals surface area contributed by atoms with E-state index in [-0.39, 0.29) is 18.1 Å². The number of aryl methyl sites for hydroxylation is 1. The van der Waals surface area contributed by atoms with Crippen LogP contribution in [0.25, 0.3) is 0 Å². The number of carbonyl (C=O) groups excluding carboxylic acids is 1. The Kier molecular flexibility index (Phi) is 5.97. The van der Waals surface area contributed by atoms with E-state index >= 15 is 0 Å². The average Bonchev–Trinajstić information content (AvgIpc) is 3.11. The third-order valence-corrected chi connectivity index (χ3v) is 5.66. The van der Waals surface area contributed by atoms with Crippen molar-refractivity contribution in [1.82, 2.24) is 5.32 Å². The molecule has 1 aromatic rings. The number of amides is 1. The molecule has 3 rings (SSSR count). The van der Waals surface area contributed by atoms with Crippen LogP contribution in [-0.2, 0) is 14.4 Å². The van der Waals surface area contributed by atoms with Crippen LogP contribution in [0.1, 0.15) is 57.1 Å². The first-order chi connectivity index (χ1) is 12.5. The molecule has 5 nitrogen and oxygen atoms in total. The van der Waals surface area contributed by atoms with Gasteiger partial charge in [-0.1, -0.05) is 41.9 Å². The number of nitrogens with one attached hydrogen (secondary N) is 1. The fraction of sp³-hybridized carbons (Fsp3) is 0.619. The second-order valence-electron chi connectivity index (χ2n) is 7.72. The van der Waals surface area contributed by atoms with Crippen LogP contribution in [0.5, 0.6) is 0 Å². The molecule has 2 heterocycles. The lowest BCUT2D eigenvalue weighted by atomic mass is 9.74. The second kappa shape index (κ2) is 8.21. The van der Waals surface area contributed by atoms with Gasteiger partial charge in [-0.2, -0.15) is 0 Å². The van der Waals surface area contributed by atoms with Crippen molar-refractivity contribution in [3.05, 3.63) is 35.4 Å². The standard InChI is InChI=1S/C21H30N2O3/c1-4-16(3)22-20(24)21(9-11-25-12-10-21)14-18-13-19(23-26-18)17-7-5-15(2)6-8-17/h5-8,16,18H,4,9-14H2,1-3H3,(H,22,24)/t16-,18-/m0/s1. The molecule has 0 bridgehead atoms. The van der Waals surface area contributed by atoms with Gasteiger partial charge in [0.1, 0.15) is 6.10 Å². The van der Waals surface area contributed by atoms with Crippen LogP contribution in [0.4, 0.5) is 0 Å². The molecule has 0 radical (unpaired) electrons. The number of rotatable bonds is 6. The van der Waals surface area contributed by atoms with Crippen LogP contribution in [0.15, 0.2) is 29.4 Å². The molecule has 1 aromatic carbocycles. The van der Waals surface area contributed by atoms with Crippen LogP contribution >= 0.6 is 0 Å². The van der Waals surface area contributed by atoms with E-state index in [0.717, 1.165) is 37.0 Å². The van der Waals surface area contributed by atoms with Gasteiger partial charge in [-0.05, 0) is 38.7 Å². The van der Waals surface area contributed by atoms with Gasteiger partial charge in [-0.3, -0.25) is 4.79 Å². The predicted octanol–water partition coefficient (Wildman–Crippen LogP) is 3.59. The van der Waals surface area contributed by atoms with Gasteiger partial charge >= 0.3 is 0 Å². The Hall–Kier alpha value is -1.88. The molecule has 5 heteroatoms.